The third-order valence-corrected chi connectivity index (χ3v) is 4.90. The number of halogens is 1. The van der Waals surface area contributed by atoms with Crippen molar-refractivity contribution in [2.45, 2.75) is 51.7 Å². The van der Waals surface area contributed by atoms with E-state index in [0.29, 0.717) is 18.1 Å². The Morgan fingerprint density at radius 2 is 1.85 bits per heavy atom. The van der Waals surface area contributed by atoms with Crippen LogP contribution in [0.5, 0.6) is 0 Å². The molecule has 1 saturated carbocycles. The smallest absolute Gasteiger partial charge is 0.0406 e. The van der Waals surface area contributed by atoms with Crippen LogP contribution in [0.2, 0.25) is 5.02 Å². The standard InChI is InChI=1S/C17H27ClN2/c1-12(2)19-11-15-7-10-17(15)20(4)13(3)14-5-8-16(18)9-6-14/h5-6,8-9,12-13,15,17,19H,7,10-11H2,1-4H3. The fraction of sp³-hybridized carbons (Fsp3) is 0.647. The summed E-state index contributed by atoms with van der Waals surface area (Å²) >= 11 is 5.97. The number of benzene rings is 1. The molecule has 112 valence electrons. The predicted octanol–water partition coefficient (Wildman–Crippen LogP) is 4.11. The Balaban J connectivity index is 1.93. The van der Waals surface area contributed by atoms with Crippen LogP contribution in [-0.4, -0.2) is 30.6 Å². The molecule has 2 nitrogen and oxygen atoms in total. The van der Waals surface area contributed by atoms with Crippen molar-refractivity contribution in [1.29, 1.82) is 0 Å². The van der Waals surface area contributed by atoms with Crippen molar-refractivity contribution in [2.75, 3.05) is 13.6 Å². The van der Waals surface area contributed by atoms with Crippen LogP contribution in [-0.2, 0) is 0 Å². The van der Waals surface area contributed by atoms with Crippen LogP contribution in [0.25, 0.3) is 0 Å². The van der Waals surface area contributed by atoms with Crippen molar-refractivity contribution in [3.05, 3.63) is 34.9 Å². The minimum atomic E-state index is 0.444. The van der Waals surface area contributed by atoms with Gasteiger partial charge in [0, 0.05) is 23.1 Å². The summed E-state index contributed by atoms with van der Waals surface area (Å²) in [6, 6.07) is 9.98. The quantitative estimate of drug-likeness (QED) is 0.849. The molecule has 0 aromatic heterocycles. The molecule has 0 bridgehead atoms. The third-order valence-electron chi connectivity index (χ3n) is 4.65. The lowest BCUT2D eigenvalue weighted by molar-refractivity contribution is 0.0539. The SMILES string of the molecule is CC(C)NCC1CCC1N(C)C(C)c1ccc(Cl)cc1. The van der Waals surface area contributed by atoms with Crippen molar-refractivity contribution >= 4 is 11.6 Å². The summed E-state index contributed by atoms with van der Waals surface area (Å²) in [5, 5.41) is 4.39. The highest BCUT2D eigenvalue weighted by molar-refractivity contribution is 6.30. The maximum absolute atomic E-state index is 5.97. The topological polar surface area (TPSA) is 15.3 Å². The molecule has 3 heteroatoms. The van der Waals surface area contributed by atoms with E-state index in [2.05, 4.69) is 50.2 Å². The van der Waals surface area contributed by atoms with Gasteiger partial charge in [0.1, 0.15) is 0 Å². The molecule has 0 radical (unpaired) electrons. The Bertz CT molecular complexity index is 416. The van der Waals surface area contributed by atoms with Gasteiger partial charge in [-0.05, 0) is 57.0 Å². The molecule has 1 aliphatic rings. The van der Waals surface area contributed by atoms with Crippen LogP contribution in [0.1, 0.15) is 45.2 Å². The lowest BCUT2D eigenvalue weighted by Gasteiger charge is -2.45. The van der Waals surface area contributed by atoms with E-state index in [1.54, 1.807) is 0 Å². The van der Waals surface area contributed by atoms with E-state index in [1.165, 1.54) is 18.4 Å². The largest absolute Gasteiger partial charge is 0.314 e. The molecule has 3 atom stereocenters. The number of nitrogens with one attached hydrogen (secondary N) is 1. The summed E-state index contributed by atoms with van der Waals surface area (Å²) < 4.78 is 0. The van der Waals surface area contributed by atoms with E-state index in [-0.39, 0.29) is 0 Å². The zero-order chi connectivity index (χ0) is 14.7. The Kier molecular flexibility index (Phi) is 5.48. The molecule has 1 fully saturated rings. The summed E-state index contributed by atoms with van der Waals surface area (Å²) in [6.07, 6.45) is 2.67. The van der Waals surface area contributed by atoms with Crippen LogP contribution < -0.4 is 5.32 Å². The molecule has 3 unspecified atom stereocenters. The van der Waals surface area contributed by atoms with Gasteiger partial charge in [-0.3, -0.25) is 4.90 Å². The first-order valence-electron chi connectivity index (χ1n) is 7.69. The number of nitrogens with zero attached hydrogens (tertiary/aromatic N) is 1. The molecule has 2 rings (SSSR count). The predicted molar refractivity (Wildman–Crippen MR) is 87.3 cm³/mol. The first-order chi connectivity index (χ1) is 9.49. The molecule has 0 heterocycles. The first-order valence-corrected chi connectivity index (χ1v) is 8.07. The maximum atomic E-state index is 5.97. The van der Waals surface area contributed by atoms with Crippen LogP contribution >= 0.6 is 11.6 Å². The zero-order valence-corrected chi connectivity index (χ0v) is 13.8. The summed E-state index contributed by atoms with van der Waals surface area (Å²) in [5.74, 6) is 0.789. The highest BCUT2D eigenvalue weighted by atomic mass is 35.5. The van der Waals surface area contributed by atoms with Crippen molar-refractivity contribution in [3.63, 3.8) is 0 Å². The van der Waals surface area contributed by atoms with Gasteiger partial charge in [0.15, 0.2) is 0 Å². The van der Waals surface area contributed by atoms with Gasteiger partial charge in [-0.15, -0.1) is 0 Å². The van der Waals surface area contributed by atoms with E-state index in [9.17, 15) is 0 Å². The van der Waals surface area contributed by atoms with Gasteiger partial charge in [0.25, 0.3) is 0 Å². The van der Waals surface area contributed by atoms with Gasteiger partial charge in [0.2, 0.25) is 0 Å². The second kappa shape index (κ2) is 6.93. The summed E-state index contributed by atoms with van der Waals surface area (Å²) in [5.41, 5.74) is 1.35. The number of hydrogen-bond donors (Lipinski definition) is 1. The van der Waals surface area contributed by atoms with Crippen molar-refractivity contribution < 1.29 is 0 Å². The molecule has 1 aliphatic carbocycles. The molecule has 1 N–H and O–H groups in total. The van der Waals surface area contributed by atoms with Gasteiger partial charge >= 0.3 is 0 Å². The molecule has 0 saturated heterocycles. The maximum Gasteiger partial charge on any atom is 0.0406 e. The van der Waals surface area contributed by atoms with E-state index in [0.717, 1.165) is 17.5 Å². The van der Waals surface area contributed by atoms with Gasteiger partial charge in [-0.25, -0.2) is 0 Å². The van der Waals surface area contributed by atoms with Gasteiger partial charge < -0.3 is 5.32 Å². The van der Waals surface area contributed by atoms with Crippen molar-refractivity contribution in [3.8, 4) is 0 Å². The second-order valence-corrected chi connectivity index (χ2v) is 6.80. The number of rotatable bonds is 6. The van der Waals surface area contributed by atoms with Crippen LogP contribution in [0.15, 0.2) is 24.3 Å². The Hall–Kier alpha value is -0.570. The molecular formula is C17H27ClN2. The van der Waals surface area contributed by atoms with Gasteiger partial charge in [-0.2, -0.15) is 0 Å². The highest BCUT2D eigenvalue weighted by Gasteiger charge is 2.35. The average molecular weight is 295 g/mol. The Morgan fingerprint density at radius 3 is 2.35 bits per heavy atom. The molecule has 1 aromatic carbocycles. The van der Waals surface area contributed by atoms with Gasteiger partial charge in [0.05, 0.1) is 0 Å². The minimum absolute atomic E-state index is 0.444. The Morgan fingerprint density at radius 1 is 1.20 bits per heavy atom. The second-order valence-electron chi connectivity index (χ2n) is 6.36. The van der Waals surface area contributed by atoms with Crippen LogP contribution in [0.3, 0.4) is 0 Å². The van der Waals surface area contributed by atoms with E-state index < -0.39 is 0 Å². The molecule has 1 aromatic rings. The van der Waals surface area contributed by atoms with Crippen LogP contribution in [0.4, 0.5) is 0 Å². The van der Waals surface area contributed by atoms with Crippen LogP contribution in [0, 0.1) is 5.92 Å². The molecule has 0 spiro atoms. The molecule has 0 amide bonds. The zero-order valence-electron chi connectivity index (χ0n) is 13.1. The van der Waals surface area contributed by atoms with Crippen molar-refractivity contribution in [1.82, 2.24) is 10.2 Å². The van der Waals surface area contributed by atoms with Gasteiger partial charge in [-0.1, -0.05) is 37.6 Å². The van der Waals surface area contributed by atoms with E-state index in [1.807, 2.05) is 12.1 Å². The molecule has 0 aliphatic heterocycles. The molecule has 20 heavy (non-hydrogen) atoms. The first kappa shape index (κ1) is 15.8. The fourth-order valence-corrected chi connectivity index (χ4v) is 3.10. The Labute approximate surface area is 128 Å². The summed E-state index contributed by atoms with van der Waals surface area (Å²) in [4.78, 5) is 2.53. The lowest BCUT2D eigenvalue weighted by Crippen LogP contribution is -2.50. The summed E-state index contributed by atoms with van der Waals surface area (Å²) in [6.45, 7) is 7.86. The monoisotopic (exact) mass is 294 g/mol. The normalized spacial score (nSPS) is 23.9. The molecular weight excluding hydrogens is 268 g/mol. The summed E-state index contributed by atoms with van der Waals surface area (Å²) in [7, 11) is 2.26. The van der Waals surface area contributed by atoms with E-state index in [4.69, 9.17) is 11.6 Å². The van der Waals surface area contributed by atoms with Crippen molar-refractivity contribution in [2.24, 2.45) is 5.92 Å². The lowest BCUT2D eigenvalue weighted by atomic mass is 9.77. The van der Waals surface area contributed by atoms with E-state index >= 15 is 0 Å². The number of hydrogen-bond acceptors (Lipinski definition) is 2. The fourth-order valence-electron chi connectivity index (χ4n) is 2.98. The minimum Gasteiger partial charge on any atom is -0.314 e. The average Bonchev–Trinajstić information content (AvgIpc) is 2.37. The highest BCUT2D eigenvalue weighted by Crippen LogP contribution is 2.35. The third kappa shape index (κ3) is 3.75.